The Morgan fingerprint density at radius 3 is 2.40 bits per heavy atom. The third-order valence-electron chi connectivity index (χ3n) is 2.51. The average molecular weight is 301 g/mol. The van der Waals surface area contributed by atoms with Crippen molar-refractivity contribution < 1.29 is 18.0 Å². The fourth-order valence-corrected chi connectivity index (χ4v) is 1.67. The second-order valence-corrected chi connectivity index (χ2v) is 4.34. The molecule has 0 aliphatic heterocycles. The number of hydrogen-bond acceptors (Lipinski definition) is 2. The minimum absolute atomic E-state index is 0.156. The number of benzene rings is 2. The van der Waals surface area contributed by atoms with Gasteiger partial charge in [0.2, 0.25) is 0 Å². The van der Waals surface area contributed by atoms with E-state index in [2.05, 4.69) is 5.32 Å². The van der Waals surface area contributed by atoms with Gasteiger partial charge in [0, 0.05) is 5.69 Å². The zero-order valence-corrected chi connectivity index (χ0v) is 10.6. The second kappa shape index (κ2) is 5.42. The van der Waals surface area contributed by atoms with Crippen LogP contribution in [0.4, 0.5) is 24.5 Å². The van der Waals surface area contributed by atoms with Gasteiger partial charge in [0.05, 0.1) is 16.3 Å². The first-order valence-corrected chi connectivity index (χ1v) is 5.77. The molecule has 0 aromatic heterocycles. The highest BCUT2D eigenvalue weighted by Crippen LogP contribution is 2.21. The van der Waals surface area contributed by atoms with E-state index in [1.165, 1.54) is 6.07 Å². The molecule has 0 atom stereocenters. The van der Waals surface area contributed by atoms with Crippen LogP contribution in [-0.4, -0.2) is 5.91 Å². The van der Waals surface area contributed by atoms with Crippen molar-refractivity contribution >= 4 is 28.9 Å². The molecule has 7 heteroatoms. The van der Waals surface area contributed by atoms with E-state index in [1.54, 1.807) is 0 Å². The van der Waals surface area contributed by atoms with Crippen molar-refractivity contribution in [2.24, 2.45) is 0 Å². The van der Waals surface area contributed by atoms with Crippen LogP contribution in [0.5, 0.6) is 0 Å². The summed E-state index contributed by atoms with van der Waals surface area (Å²) >= 11 is 5.38. The predicted molar refractivity (Wildman–Crippen MR) is 70.1 cm³/mol. The number of halogens is 4. The molecule has 0 aliphatic carbocycles. The first kappa shape index (κ1) is 14.2. The molecule has 0 fully saturated rings. The van der Waals surface area contributed by atoms with Crippen LogP contribution >= 0.6 is 11.6 Å². The lowest BCUT2D eigenvalue weighted by molar-refractivity contribution is 0.102. The molecule has 0 saturated heterocycles. The van der Waals surface area contributed by atoms with Crippen molar-refractivity contribution in [3.8, 4) is 0 Å². The second-order valence-electron chi connectivity index (χ2n) is 3.94. The topological polar surface area (TPSA) is 55.1 Å². The van der Waals surface area contributed by atoms with Crippen LogP contribution in [-0.2, 0) is 0 Å². The SMILES string of the molecule is Nc1cc(NC(=O)c2cc(F)c(Cl)cc2F)ccc1F. The minimum Gasteiger partial charge on any atom is -0.396 e. The zero-order chi connectivity index (χ0) is 14.9. The largest absolute Gasteiger partial charge is 0.396 e. The van der Waals surface area contributed by atoms with Gasteiger partial charge in [0.15, 0.2) is 0 Å². The van der Waals surface area contributed by atoms with Crippen LogP contribution in [0.25, 0.3) is 0 Å². The molecule has 104 valence electrons. The maximum Gasteiger partial charge on any atom is 0.258 e. The fourth-order valence-electron chi connectivity index (χ4n) is 1.52. The number of nitrogens with one attached hydrogen (secondary N) is 1. The molecule has 0 radical (unpaired) electrons. The zero-order valence-electron chi connectivity index (χ0n) is 9.88. The summed E-state index contributed by atoms with van der Waals surface area (Å²) in [5.41, 5.74) is 4.79. The van der Waals surface area contributed by atoms with Crippen molar-refractivity contribution in [1.29, 1.82) is 0 Å². The van der Waals surface area contributed by atoms with E-state index in [0.29, 0.717) is 12.1 Å². The molecule has 0 aliphatic rings. The van der Waals surface area contributed by atoms with Gasteiger partial charge < -0.3 is 11.1 Å². The number of anilines is 2. The summed E-state index contributed by atoms with van der Waals surface area (Å²) in [6, 6.07) is 4.83. The Balaban J connectivity index is 2.28. The van der Waals surface area contributed by atoms with Crippen LogP contribution in [0, 0.1) is 17.5 Å². The molecule has 0 heterocycles. The van der Waals surface area contributed by atoms with Crippen molar-refractivity contribution in [2.75, 3.05) is 11.1 Å². The molecule has 3 N–H and O–H groups in total. The molecule has 1 amide bonds. The fraction of sp³-hybridized carbons (Fsp3) is 0. The average Bonchev–Trinajstić information content (AvgIpc) is 2.38. The molecule has 2 rings (SSSR count). The highest BCUT2D eigenvalue weighted by atomic mass is 35.5. The third kappa shape index (κ3) is 2.85. The van der Waals surface area contributed by atoms with Crippen LogP contribution < -0.4 is 11.1 Å². The molecular formula is C13H8ClF3N2O. The summed E-state index contributed by atoms with van der Waals surface area (Å²) in [6.07, 6.45) is 0. The number of hydrogen-bond donors (Lipinski definition) is 2. The Hall–Kier alpha value is -2.21. The molecule has 20 heavy (non-hydrogen) atoms. The van der Waals surface area contributed by atoms with Crippen molar-refractivity contribution in [1.82, 2.24) is 0 Å². The number of amides is 1. The standard InChI is InChI=1S/C13H8ClF3N2O/c14-8-5-10(16)7(4-11(8)17)13(20)19-6-1-2-9(15)12(18)3-6/h1-5H,18H2,(H,19,20). The van der Waals surface area contributed by atoms with E-state index in [-0.39, 0.29) is 11.4 Å². The number of carbonyl (C=O) groups excluding carboxylic acids is 1. The lowest BCUT2D eigenvalue weighted by Crippen LogP contribution is -2.14. The molecule has 3 nitrogen and oxygen atoms in total. The van der Waals surface area contributed by atoms with Gasteiger partial charge in [-0.25, -0.2) is 13.2 Å². The Kier molecular flexibility index (Phi) is 3.85. The predicted octanol–water partition coefficient (Wildman–Crippen LogP) is 3.59. The normalized spacial score (nSPS) is 10.4. The highest BCUT2D eigenvalue weighted by molar-refractivity contribution is 6.30. The van der Waals surface area contributed by atoms with Crippen LogP contribution in [0.3, 0.4) is 0 Å². The van der Waals surface area contributed by atoms with E-state index in [1.807, 2.05) is 0 Å². The van der Waals surface area contributed by atoms with E-state index < -0.39 is 33.9 Å². The van der Waals surface area contributed by atoms with Crippen molar-refractivity contribution in [3.05, 3.63) is 58.4 Å². The highest BCUT2D eigenvalue weighted by Gasteiger charge is 2.16. The van der Waals surface area contributed by atoms with E-state index in [9.17, 15) is 18.0 Å². The maximum atomic E-state index is 13.5. The van der Waals surface area contributed by atoms with Crippen LogP contribution in [0.1, 0.15) is 10.4 Å². The maximum absolute atomic E-state index is 13.5. The van der Waals surface area contributed by atoms with Gasteiger partial charge in [-0.1, -0.05) is 11.6 Å². The number of nitrogen functional groups attached to an aromatic ring is 1. The molecule has 0 spiro atoms. The van der Waals surface area contributed by atoms with Crippen LogP contribution in [0.2, 0.25) is 5.02 Å². The molecular weight excluding hydrogens is 293 g/mol. The van der Waals surface area contributed by atoms with Crippen LogP contribution in [0.15, 0.2) is 30.3 Å². The van der Waals surface area contributed by atoms with E-state index in [4.69, 9.17) is 17.3 Å². The van der Waals surface area contributed by atoms with Gasteiger partial charge in [0.25, 0.3) is 5.91 Å². The Morgan fingerprint density at radius 2 is 1.75 bits per heavy atom. The summed E-state index contributed by atoms with van der Waals surface area (Å²) < 4.78 is 39.7. The Labute approximate surface area is 117 Å². The summed E-state index contributed by atoms with van der Waals surface area (Å²) in [5.74, 6) is -3.43. The number of carbonyl (C=O) groups is 1. The quantitative estimate of drug-likeness (QED) is 0.658. The lowest BCUT2D eigenvalue weighted by atomic mass is 10.2. The summed E-state index contributed by atoms with van der Waals surface area (Å²) in [4.78, 5) is 11.8. The van der Waals surface area contributed by atoms with E-state index >= 15 is 0 Å². The summed E-state index contributed by atoms with van der Waals surface area (Å²) in [7, 11) is 0. The first-order valence-electron chi connectivity index (χ1n) is 5.39. The van der Waals surface area contributed by atoms with E-state index in [0.717, 1.165) is 12.1 Å². The van der Waals surface area contributed by atoms with Gasteiger partial charge >= 0.3 is 0 Å². The number of nitrogens with two attached hydrogens (primary N) is 1. The monoisotopic (exact) mass is 300 g/mol. The first-order chi connectivity index (χ1) is 9.38. The molecule has 0 bridgehead atoms. The van der Waals surface area contributed by atoms with Crippen molar-refractivity contribution in [2.45, 2.75) is 0 Å². The molecule has 0 saturated carbocycles. The van der Waals surface area contributed by atoms with Gasteiger partial charge in [-0.3, -0.25) is 4.79 Å². The molecule has 2 aromatic rings. The smallest absolute Gasteiger partial charge is 0.258 e. The van der Waals surface area contributed by atoms with Gasteiger partial charge in [-0.05, 0) is 30.3 Å². The van der Waals surface area contributed by atoms with Gasteiger partial charge in [-0.2, -0.15) is 0 Å². The van der Waals surface area contributed by atoms with Gasteiger partial charge in [-0.15, -0.1) is 0 Å². The number of rotatable bonds is 2. The molecule has 0 unspecified atom stereocenters. The Morgan fingerprint density at radius 1 is 1.05 bits per heavy atom. The summed E-state index contributed by atoms with van der Waals surface area (Å²) in [5, 5.41) is 1.85. The Bertz CT molecular complexity index is 692. The van der Waals surface area contributed by atoms with Gasteiger partial charge in [0.1, 0.15) is 17.5 Å². The van der Waals surface area contributed by atoms with Crippen molar-refractivity contribution in [3.63, 3.8) is 0 Å². The summed E-state index contributed by atoms with van der Waals surface area (Å²) in [6.45, 7) is 0. The lowest BCUT2D eigenvalue weighted by Gasteiger charge is -2.08. The minimum atomic E-state index is -0.969. The molecule has 2 aromatic carbocycles. The third-order valence-corrected chi connectivity index (χ3v) is 2.80.